The molecular formula is C22H42O7. The lowest BCUT2D eigenvalue weighted by molar-refractivity contribution is -0.152. The third kappa shape index (κ3) is 28.7. The van der Waals surface area contributed by atoms with E-state index in [4.69, 9.17) is 20.4 Å². The number of hydrogen-bond acceptors (Lipinski definition) is 4. The van der Waals surface area contributed by atoms with Crippen LogP contribution in [0.5, 0.6) is 0 Å². The molecule has 0 saturated heterocycles. The van der Waals surface area contributed by atoms with Crippen LogP contribution in [0.4, 0.5) is 0 Å². The third-order valence-electron chi connectivity index (χ3n) is 4.65. The highest BCUT2D eigenvalue weighted by atomic mass is 16.4. The maximum absolute atomic E-state index is 10.3. The molecule has 0 saturated carbocycles. The van der Waals surface area contributed by atoms with Crippen molar-refractivity contribution >= 4 is 17.9 Å². The molecule has 4 N–H and O–H groups in total. The zero-order chi connectivity index (χ0) is 22.3. The highest BCUT2D eigenvalue weighted by molar-refractivity contribution is 5.79. The van der Waals surface area contributed by atoms with Crippen molar-refractivity contribution in [1.82, 2.24) is 0 Å². The quantitative estimate of drug-likeness (QED) is 0.211. The van der Waals surface area contributed by atoms with Crippen LogP contribution < -0.4 is 0 Å². The van der Waals surface area contributed by atoms with Gasteiger partial charge in [0.1, 0.15) is 0 Å². The van der Waals surface area contributed by atoms with Crippen molar-refractivity contribution in [3.8, 4) is 0 Å². The number of hydrogen-bond donors (Lipinski definition) is 4. The van der Waals surface area contributed by atoms with Gasteiger partial charge in [0.15, 0.2) is 6.10 Å². The second-order valence-electron chi connectivity index (χ2n) is 7.55. The van der Waals surface area contributed by atoms with Gasteiger partial charge in [0.05, 0.1) is 6.42 Å². The summed E-state index contributed by atoms with van der Waals surface area (Å²) in [4.78, 5) is 29.7. The summed E-state index contributed by atoms with van der Waals surface area (Å²) in [5.74, 6) is -3.50. The molecule has 0 aromatic heterocycles. The van der Waals surface area contributed by atoms with E-state index in [0.717, 1.165) is 12.8 Å². The molecule has 7 nitrogen and oxygen atoms in total. The summed E-state index contributed by atoms with van der Waals surface area (Å²) in [5, 5.41) is 32.7. The molecule has 172 valence electrons. The molecule has 0 aliphatic rings. The van der Waals surface area contributed by atoms with Crippen LogP contribution in [-0.2, 0) is 14.4 Å². The van der Waals surface area contributed by atoms with Crippen LogP contribution in [0.25, 0.3) is 0 Å². The normalized spacial score (nSPS) is 11.4. The Morgan fingerprint density at radius 1 is 0.586 bits per heavy atom. The Balaban J connectivity index is 0. The van der Waals surface area contributed by atoms with Gasteiger partial charge in [-0.3, -0.25) is 9.59 Å². The summed E-state index contributed by atoms with van der Waals surface area (Å²) in [7, 11) is 0. The molecule has 0 heterocycles. The highest BCUT2D eigenvalue weighted by Crippen LogP contribution is 2.13. The Morgan fingerprint density at radius 3 is 1.17 bits per heavy atom. The minimum absolute atomic E-state index is 0.345. The number of carbonyl (C=O) groups is 3. The van der Waals surface area contributed by atoms with Crippen LogP contribution in [0.15, 0.2) is 0 Å². The van der Waals surface area contributed by atoms with Gasteiger partial charge in [-0.15, -0.1) is 0 Å². The fourth-order valence-corrected chi connectivity index (χ4v) is 2.90. The van der Waals surface area contributed by atoms with E-state index in [1.54, 1.807) is 0 Å². The Labute approximate surface area is 175 Å². The van der Waals surface area contributed by atoms with E-state index in [9.17, 15) is 14.4 Å². The number of unbranched alkanes of at least 4 members (excludes halogenated alkanes) is 14. The summed E-state index contributed by atoms with van der Waals surface area (Å²) >= 11 is 0. The number of carboxylic acid groups (broad SMARTS) is 3. The fraction of sp³-hybridized carbons (Fsp3) is 0.864. The molecule has 0 radical (unpaired) electrons. The van der Waals surface area contributed by atoms with E-state index in [0.29, 0.717) is 6.42 Å². The van der Waals surface area contributed by atoms with Crippen molar-refractivity contribution in [2.75, 3.05) is 0 Å². The zero-order valence-electron chi connectivity index (χ0n) is 18.1. The van der Waals surface area contributed by atoms with Gasteiger partial charge in [0.25, 0.3) is 0 Å². The summed E-state index contributed by atoms with van der Waals surface area (Å²) < 4.78 is 0. The Kier molecular flexibility index (Phi) is 23.1. The highest BCUT2D eigenvalue weighted by Gasteiger charge is 2.16. The summed E-state index contributed by atoms with van der Waals surface area (Å²) in [5.41, 5.74) is 0. The van der Waals surface area contributed by atoms with Crippen LogP contribution in [0.2, 0.25) is 0 Å². The molecule has 7 heteroatoms. The second-order valence-corrected chi connectivity index (χ2v) is 7.55. The van der Waals surface area contributed by atoms with Gasteiger partial charge >= 0.3 is 17.9 Å². The van der Waals surface area contributed by atoms with Gasteiger partial charge in [-0.05, 0) is 6.42 Å². The SMILES string of the molecule is CCCCCCCCCCCCCCCCCC(=O)O.O=C(O)CC(O)C(=O)O. The molecule has 0 amide bonds. The van der Waals surface area contributed by atoms with E-state index in [1.165, 1.54) is 83.5 Å². The molecule has 0 aromatic carbocycles. The second kappa shape index (κ2) is 22.7. The molecule has 0 fully saturated rings. The molecule has 0 aromatic rings. The van der Waals surface area contributed by atoms with Gasteiger partial charge in [-0.25, -0.2) is 4.79 Å². The van der Waals surface area contributed by atoms with Crippen LogP contribution >= 0.6 is 0 Å². The van der Waals surface area contributed by atoms with E-state index in [2.05, 4.69) is 6.92 Å². The number of rotatable bonds is 19. The third-order valence-corrected chi connectivity index (χ3v) is 4.65. The average Bonchev–Trinajstić information content (AvgIpc) is 2.64. The van der Waals surface area contributed by atoms with E-state index in [1.807, 2.05) is 0 Å². The molecule has 0 aliphatic heterocycles. The molecular weight excluding hydrogens is 376 g/mol. The first-order valence-electron chi connectivity index (χ1n) is 11.2. The maximum Gasteiger partial charge on any atom is 0.333 e. The predicted molar refractivity (Wildman–Crippen MR) is 113 cm³/mol. The molecule has 0 rings (SSSR count). The number of aliphatic hydroxyl groups excluding tert-OH is 1. The first kappa shape index (κ1) is 29.6. The van der Waals surface area contributed by atoms with Gasteiger partial charge in [0.2, 0.25) is 0 Å². The largest absolute Gasteiger partial charge is 0.481 e. The van der Waals surface area contributed by atoms with E-state index >= 15 is 0 Å². The molecule has 0 bridgehead atoms. The average molecular weight is 419 g/mol. The fourth-order valence-electron chi connectivity index (χ4n) is 2.90. The lowest BCUT2D eigenvalue weighted by Crippen LogP contribution is -2.22. The van der Waals surface area contributed by atoms with Gasteiger partial charge < -0.3 is 20.4 Å². The smallest absolute Gasteiger partial charge is 0.333 e. The summed E-state index contributed by atoms with van der Waals surface area (Å²) in [6, 6.07) is 0. The van der Waals surface area contributed by atoms with Crippen LogP contribution in [0.1, 0.15) is 116 Å². The summed E-state index contributed by atoms with van der Waals surface area (Å²) in [6.45, 7) is 2.27. The van der Waals surface area contributed by atoms with Crippen LogP contribution in [0, 0.1) is 0 Å². The maximum atomic E-state index is 10.3. The Bertz CT molecular complexity index is 410. The molecule has 1 unspecified atom stereocenters. The van der Waals surface area contributed by atoms with Crippen LogP contribution in [-0.4, -0.2) is 44.4 Å². The van der Waals surface area contributed by atoms with Crippen LogP contribution in [0.3, 0.4) is 0 Å². The number of carboxylic acids is 3. The predicted octanol–water partition coefficient (Wildman–Crippen LogP) is 5.24. The summed E-state index contributed by atoms with van der Waals surface area (Å²) in [6.07, 6.45) is 17.7. The Morgan fingerprint density at radius 2 is 0.931 bits per heavy atom. The van der Waals surface area contributed by atoms with E-state index < -0.39 is 30.4 Å². The van der Waals surface area contributed by atoms with Crippen molar-refractivity contribution in [1.29, 1.82) is 0 Å². The topological polar surface area (TPSA) is 132 Å². The van der Waals surface area contributed by atoms with Crippen molar-refractivity contribution in [3.63, 3.8) is 0 Å². The standard InChI is InChI=1S/C18H36O2.C4H6O5/c1-2-3-4-5-6-7-8-9-10-11-12-13-14-15-16-17-18(19)20;5-2(4(8)9)1-3(6)7/h2-17H2,1H3,(H,19,20);2,5H,1H2,(H,6,7)(H,8,9). The molecule has 0 aliphatic carbocycles. The molecule has 29 heavy (non-hydrogen) atoms. The minimum Gasteiger partial charge on any atom is -0.481 e. The molecule has 1 atom stereocenters. The van der Waals surface area contributed by atoms with Gasteiger partial charge in [-0.1, -0.05) is 96.8 Å². The Hall–Kier alpha value is -1.63. The van der Waals surface area contributed by atoms with Gasteiger partial charge in [0, 0.05) is 6.42 Å². The van der Waals surface area contributed by atoms with E-state index in [-0.39, 0.29) is 0 Å². The number of aliphatic hydroxyl groups is 1. The van der Waals surface area contributed by atoms with Gasteiger partial charge in [-0.2, -0.15) is 0 Å². The first-order chi connectivity index (χ1) is 13.8. The van der Waals surface area contributed by atoms with Crippen molar-refractivity contribution in [2.45, 2.75) is 122 Å². The molecule has 0 spiro atoms. The first-order valence-corrected chi connectivity index (χ1v) is 11.2. The monoisotopic (exact) mass is 418 g/mol. The van der Waals surface area contributed by atoms with Crippen molar-refractivity contribution in [3.05, 3.63) is 0 Å². The number of aliphatic carboxylic acids is 3. The minimum atomic E-state index is -1.79. The lowest BCUT2D eigenvalue weighted by Gasteiger charge is -2.03. The lowest BCUT2D eigenvalue weighted by atomic mass is 10.0. The zero-order valence-corrected chi connectivity index (χ0v) is 18.1. The van der Waals surface area contributed by atoms with Crippen molar-refractivity contribution < 1.29 is 34.8 Å². The van der Waals surface area contributed by atoms with Crippen molar-refractivity contribution in [2.24, 2.45) is 0 Å².